The summed E-state index contributed by atoms with van der Waals surface area (Å²) < 4.78 is 0. The van der Waals surface area contributed by atoms with Crippen LogP contribution in [0.15, 0.2) is 65.7 Å². The highest BCUT2D eigenvalue weighted by molar-refractivity contribution is 5.56. The maximum absolute atomic E-state index is 9.51. The molecule has 1 aromatic rings. The number of aliphatic hydroxyl groups is 2. The Balaban J connectivity index is 2.20. The van der Waals surface area contributed by atoms with Crippen LogP contribution in [-0.4, -0.2) is 15.3 Å². The van der Waals surface area contributed by atoms with Gasteiger partial charge in [0, 0.05) is 6.42 Å². The van der Waals surface area contributed by atoms with Crippen LogP contribution in [0.3, 0.4) is 0 Å². The zero-order valence-corrected chi connectivity index (χ0v) is 9.74. The molecule has 0 saturated heterocycles. The molecule has 0 aromatic heterocycles. The Morgan fingerprint density at radius 1 is 0.889 bits per heavy atom. The van der Waals surface area contributed by atoms with Crippen molar-refractivity contribution < 1.29 is 15.3 Å². The first-order valence-corrected chi connectivity index (χ1v) is 5.61. The molecule has 18 heavy (non-hydrogen) atoms. The van der Waals surface area contributed by atoms with Crippen LogP contribution >= 0.6 is 0 Å². The fraction of sp³-hybridized carbons (Fsp3) is 0.0667. The molecule has 0 fully saturated rings. The van der Waals surface area contributed by atoms with Gasteiger partial charge in [-0.25, -0.2) is 0 Å². The van der Waals surface area contributed by atoms with Gasteiger partial charge in [-0.3, -0.25) is 0 Å². The summed E-state index contributed by atoms with van der Waals surface area (Å²) in [5.74, 6) is 0.570. The van der Waals surface area contributed by atoms with E-state index < -0.39 is 0 Å². The first-order chi connectivity index (χ1) is 8.63. The predicted molar refractivity (Wildman–Crippen MR) is 71.3 cm³/mol. The van der Waals surface area contributed by atoms with E-state index in [4.69, 9.17) is 5.11 Å². The Morgan fingerprint density at radius 2 is 1.61 bits per heavy atom. The molecule has 1 aliphatic carbocycles. The Morgan fingerprint density at radius 3 is 2.33 bits per heavy atom. The van der Waals surface area contributed by atoms with Crippen LogP contribution < -0.4 is 0 Å². The van der Waals surface area contributed by atoms with E-state index >= 15 is 0 Å². The lowest BCUT2D eigenvalue weighted by molar-refractivity contribution is 0.395. The molecule has 3 N–H and O–H groups in total. The van der Waals surface area contributed by atoms with Crippen molar-refractivity contribution in [3.63, 3.8) is 0 Å². The molecule has 92 valence electrons. The van der Waals surface area contributed by atoms with Crippen molar-refractivity contribution in [2.45, 2.75) is 6.42 Å². The van der Waals surface area contributed by atoms with Crippen LogP contribution in [0.5, 0.6) is 5.75 Å². The number of benzene rings is 1. The SMILES string of the molecule is OC1=CCC(O)=CC(/C=C/c2ccc(O)cc2)=C1. The minimum Gasteiger partial charge on any atom is -0.512 e. The van der Waals surface area contributed by atoms with Crippen LogP contribution in [0.4, 0.5) is 0 Å². The molecule has 0 aliphatic heterocycles. The molecular formula is C15H14O3. The number of allylic oxidation sites excluding steroid dienone is 5. The summed E-state index contributed by atoms with van der Waals surface area (Å²) in [5, 5.41) is 28.2. The highest BCUT2D eigenvalue weighted by Gasteiger charge is 2.01. The van der Waals surface area contributed by atoms with E-state index in [9.17, 15) is 10.2 Å². The number of hydrogen-bond donors (Lipinski definition) is 3. The summed E-state index contributed by atoms with van der Waals surface area (Å²) in [6.45, 7) is 0. The van der Waals surface area contributed by atoms with Crippen molar-refractivity contribution >= 4 is 6.08 Å². The standard InChI is InChI=1S/C15H14O3/c16-13-5-3-11(4-6-13)1-2-12-9-14(17)7-8-15(18)10-12/h1-7,9-10,16-18H,8H2/b2-1+. The second-order valence-corrected chi connectivity index (χ2v) is 4.04. The van der Waals surface area contributed by atoms with Gasteiger partial charge in [-0.05, 0) is 41.5 Å². The van der Waals surface area contributed by atoms with E-state index in [0.717, 1.165) is 5.56 Å². The van der Waals surface area contributed by atoms with Gasteiger partial charge in [0.05, 0.1) is 5.76 Å². The molecule has 0 heterocycles. The minimum atomic E-state index is 0.139. The lowest BCUT2D eigenvalue weighted by Crippen LogP contribution is -1.78. The van der Waals surface area contributed by atoms with Crippen LogP contribution in [0.1, 0.15) is 12.0 Å². The van der Waals surface area contributed by atoms with Crippen molar-refractivity contribution in [1.29, 1.82) is 0 Å². The summed E-state index contributed by atoms with van der Waals surface area (Å²) in [6, 6.07) is 6.77. The second kappa shape index (κ2) is 5.27. The number of hydrogen-bond acceptors (Lipinski definition) is 3. The largest absolute Gasteiger partial charge is 0.512 e. The van der Waals surface area contributed by atoms with Crippen molar-refractivity contribution in [3.05, 3.63) is 71.2 Å². The minimum absolute atomic E-state index is 0.139. The summed E-state index contributed by atoms with van der Waals surface area (Å²) in [6.07, 6.45) is 8.70. The van der Waals surface area contributed by atoms with Crippen LogP contribution in [0, 0.1) is 0 Å². The van der Waals surface area contributed by atoms with E-state index in [2.05, 4.69) is 0 Å². The van der Waals surface area contributed by atoms with E-state index in [-0.39, 0.29) is 17.3 Å². The van der Waals surface area contributed by atoms with Crippen LogP contribution in [-0.2, 0) is 0 Å². The number of rotatable bonds is 2. The number of phenolic OH excluding ortho intramolecular Hbond substituents is 1. The molecule has 0 amide bonds. The first-order valence-electron chi connectivity index (χ1n) is 5.61. The van der Waals surface area contributed by atoms with Gasteiger partial charge in [0.15, 0.2) is 0 Å². The van der Waals surface area contributed by atoms with Gasteiger partial charge in [0.25, 0.3) is 0 Å². The third-order valence-corrected chi connectivity index (χ3v) is 2.53. The fourth-order valence-corrected chi connectivity index (χ4v) is 1.61. The van der Waals surface area contributed by atoms with Crippen LogP contribution in [0.2, 0.25) is 0 Å². The number of aliphatic hydroxyl groups excluding tert-OH is 2. The zero-order valence-electron chi connectivity index (χ0n) is 9.74. The summed E-state index contributed by atoms with van der Waals surface area (Å²) in [5.41, 5.74) is 1.64. The van der Waals surface area contributed by atoms with Gasteiger partial charge in [-0.2, -0.15) is 0 Å². The maximum atomic E-state index is 9.51. The van der Waals surface area contributed by atoms with Gasteiger partial charge in [0.1, 0.15) is 11.5 Å². The smallest absolute Gasteiger partial charge is 0.115 e. The lowest BCUT2D eigenvalue weighted by Gasteiger charge is -1.96. The molecule has 0 unspecified atom stereocenters. The monoisotopic (exact) mass is 242 g/mol. The topological polar surface area (TPSA) is 60.7 Å². The quantitative estimate of drug-likeness (QED) is 0.742. The molecule has 0 atom stereocenters. The van der Waals surface area contributed by atoms with Crippen molar-refractivity contribution in [2.75, 3.05) is 0 Å². The van der Waals surface area contributed by atoms with Crippen molar-refractivity contribution in [1.82, 2.24) is 0 Å². The number of aromatic hydroxyl groups is 1. The van der Waals surface area contributed by atoms with Gasteiger partial charge >= 0.3 is 0 Å². The zero-order chi connectivity index (χ0) is 13.0. The average molecular weight is 242 g/mol. The molecule has 2 rings (SSSR count). The first kappa shape index (κ1) is 12.0. The Bertz CT molecular complexity index is 546. The maximum Gasteiger partial charge on any atom is 0.115 e. The predicted octanol–water partition coefficient (Wildman–Crippen LogP) is 3.62. The van der Waals surface area contributed by atoms with Gasteiger partial charge < -0.3 is 15.3 Å². The third-order valence-electron chi connectivity index (χ3n) is 2.53. The van der Waals surface area contributed by atoms with E-state index in [1.807, 2.05) is 6.08 Å². The molecule has 3 heteroatoms. The van der Waals surface area contributed by atoms with Crippen molar-refractivity contribution in [2.24, 2.45) is 0 Å². The van der Waals surface area contributed by atoms with E-state index in [0.29, 0.717) is 12.0 Å². The fourth-order valence-electron chi connectivity index (χ4n) is 1.61. The van der Waals surface area contributed by atoms with Gasteiger partial charge in [-0.1, -0.05) is 24.3 Å². The van der Waals surface area contributed by atoms with E-state index in [1.54, 1.807) is 48.6 Å². The second-order valence-electron chi connectivity index (χ2n) is 4.04. The van der Waals surface area contributed by atoms with Crippen molar-refractivity contribution in [3.8, 4) is 5.75 Å². The highest BCUT2D eigenvalue weighted by atomic mass is 16.3. The summed E-state index contributed by atoms with van der Waals surface area (Å²) in [4.78, 5) is 0. The number of phenols is 1. The Hall–Kier alpha value is -2.42. The molecule has 0 bridgehead atoms. The molecule has 0 radical (unpaired) electrons. The normalized spacial score (nSPS) is 15.9. The van der Waals surface area contributed by atoms with E-state index in [1.165, 1.54) is 0 Å². The average Bonchev–Trinajstić information content (AvgIpc) is 2.50. The molecule has 1 aliphatic rings. The van der Waals surface area contributed by atoms with Gasteiger partial charge in [-0.15, -0.1) is 0 Å². The summed E-state index contributed by atoms with van der Waals surface area (Å²) in [7, 11) is 0. The molecule has 3 nitrogen and oxygen atoms in total. The molecule has 0 saturated carbocycles. The molecule has 0 spiro atoms. The lowest BCUT2D eigenvalue weighted by atomic mass is 10.1. The molecular weight excluding hydrogens is 228 g/mol. The molecule has 1 aromatic carbocycles. The third kappa shape index (κ3) is 3.28. The summed E-state index contributed by atoms with van der Waals surface area (Å²) >= 11 is 0. The Kier molecular flexibility index (Phi) is 3.53. The Labute approximate surface area is 105 Å². The van der Waals surface area contributed by atoms with Crippen LogP contribution in [0.25, 0.3) is 6.08 Å². The van der Waals surface area contributed by atoms with Gasteiger partial charge in [0.2, 0.25) is 0 Å². The highest BCUT2D eigenvalue weighted by Crippen LogP contribution is 2.16.